The average molecular weight is 259 g/mol. The molecule has 1 aromatic rings. The van der Waals surface area contributed by atoms with Crippen molar-refractivity contribution >= 4 is 5.97 Å². The Kier molecular flexibility index (Phi) is 3.31. The Balaban J connectivity index is 1.91. The number of nitrogens with zero attached hydrogens (tertiary/aromatic N) is 1. The van der Waals surface area contributed by atoms with Crippen molar-refractivity contribution < 1.29 is 9.90 Å². The molecule has 0 bridgehead atoms. The van der Waals surface area contributed by atoms with Gasteiger partial charge >= 0.3 is 5.97 Å². The number of benzene rings is 1. The van der Waals surface area contributed by atoms with Crippen LogP contribution in [0.15, 0.2) is 18.2 Å². The quantitative estimate of drug-likeness (QED) is 0.887. The summed E-state index contributed by atoms with van der Waals surface area (Å²) in [7, 11) is 0. The molecule has 2 aliphatic rings. The Labute approximate surface area is 114 Å². The second kappa shape index (κ2) is 4.97. The van der Waals surface area contributed by atoms with Gasteiger partial charge in [-0.05, 0) is 50.3 Å². The third kappa shape index (κ3) is 2.27. The van der Waals surface area contributed by atoms with Gasteiger partial charge in [0.05, 0.1) is 0 Å². The van der Waals surface area contributed by atoms with E-state index < -0.39 is 5.97 Å². The highest BCUT2D eigenvalue weighted by atomic mass is 16.4. The summed E-state index contributed by atoms with van der Waals surface area (Å²) in [6, 6.07) is 6.65. The molecule has 2 atom stereocenters. The normalized spacial score (nSPS) is 27.2. The van der Waals surface area contributed by atoms with Gasteiger partial charge in [-0.2, -0.15) is 0 Å². The van der Waals surface area contributed by atoms with Gasteiger partial charge in [-0.15, -0.1) is 0 Å². The van der Waals surface area contributed by atoms with E-state index in [9.17, 15) is 9.90 Å². The minimum atomic E-state index is -0.652. The Morgan fingerprint density at radius 2 is 2.16 bits per heavy atom. The Bertz CT molecular complexity index is 498. The van der Waals surface area contributed by atoms with Crippen LogP contribution in [-0.4, -0.2) is 28.6 Å². The Morgan fingerprint density at radius 1 is 1.32 bits per heavy atom. The van der Waals surface area contributed by atoms with E-state index in [-0.39, 0.29) is 6.04 Å². The van der Waals surface area contributed by atoms with E-state index in [4.69, 9.17) is 0 Å². The van der Waals surface area contributed by atoms with Crippen molar-refractivity contribution in [2.24, 2.45) is 0 Å². The topological polar surface area (TPSA) is 40.5 Å². The van der Waals surface area contributed by atoms with E-state index in [0.29, 0.717) is 6.04 Å². The van der Waals surface area contributed by atoms with Crippen LogP contribution in [0.1, 0.15) is 48.4 Å². The number of carboxylic acids is 1. The molecule has 1 aliphatic carbocycles. The van der Waals surface area contributed by atoms with Crippen molar-refractivity contribution in [1.82, 2.24) is 4.90 Å². The van der Waals surface area contributed by atoms with Crippen LogP contribution >= 0.6 is 0 Å². The molecular formula is C16H21NO2. The third-order valence-corrected chi connectivity index (χ3v) is 4.58. The summed E-state index contributed by atoms with van der Waals surface area (Å²) in [6.07, 6.45) is 5.13. The lowest BCUT2D eigenvalue weighted by Crippen LogP contribution is -2.46. The van der Waals surface area contributed by atoms with Gasteiger partial charge in [-0.3, -0.25) is 9.69 Å². The average Bonchev–Trinajstić information content (AvgIpc) is 2.81. The summed E-state index contributed by atoms with van der Waals surface area (Å²) in [5.74, 6) is -0.652. The molecule has 0 saturated carbocycles. The molecule has 1 N–H and O–H groups in total. The molecule has 0 radical (unpaired) electrons. The van der Waals surface area contributed by atoms with Crippen molar-refractivity contribution in [2.75, 3.05) is 6.54 Å². The summed E-state index contributed by atoms with van der Waals surface area (Å²) in [5, 5.41) is 9.43. The molecular weight excluding hydrogens is 238 g/mol. The fourth-order valence-electron chi connectivity index (χ4n) is 3.64. The molecule has 3 nitrogen and oxygen atoms in total. The Hall–Kier alpha value is -1.35. The summed E-state index contributed by atoms with van der Waals surface area (Å²) in [6.45, 7) is 3.04. The van der Waals surface area contributed by atoms with Gasteiger partial charge in [-0.25, -0.2) is 0 Å². The molecule has 1 saturated heterocycles. The zero-order valence-corrected chi connectivity index (χ0v) is 11.4. The molecule has 19 heavy (non-hydrogen) atoms. The molecule has 3 heteroatoms. The summed E-state index contributed by atoms with van der Waals surface area (Å²) in [4.78, 5) is 13.7. The van der Waals surface area contributed by atoms with Crippen LogP contribution in [0.4, 0.5) is 0 Å². The fourth-order valence-corrected chi connectivity index (χ4v) is 3.64. The second-order valence-corrected chi connectivity index (χ2v) is 5.84. The number of hydrogen-bond donors (Lipinski definition) is 1. The largest absolute Gasteiger partial charge is 0.480 e. The van der Waals surface area contributed by atoms with Crippen molar-refractivity contribution in [1.29, 1.82) is 0 Å². The number of aliphatic carboxylic acids is 1. The van der Waals surface area contributed by atoms with Crippen LogP contribution in [0.25, 0.3) is 0 Å². The molecule has 1 aliphatic heterocycles. The number of fused-ring (bicyclic) bond motifs is 1. The van der Waals surface area contributed by atoms with Crippen molar-refractivity contribution in [3.63, 3.8) is 0 Å². The minimum Gasteiger partial charge on any atom is -0.480 e. The number of carbonyl (C=O) groups is 1. The summed E-state index contributed by atoms with van der Waals surface area (Å²) >= 11 is 0. The number of likely N-dealkylation sites (tertiary alicyclic amines) is 1. The van der Waals surface area contributed by atoms with E-state index in [1.54, 1.807) is 0 Å². The van der Waals surface area contributed by atoms with Crippen LogP contribution < -0.4 is 0 Å². The number of carboxylic acid groups (broad SMARTS) is 1. The fraction of sp³-hybridized carbons (Fsp3) is 0.562. The van der Waals surface area contributed by atoms with E-state index in [1.165, 1.54) is 16.7 Å². The van der Waals surface area contributed by atoms with Crippen molar-refractivity contribution in [3.05, 3.63) is 34.9 Å². The standard InChI is InChI=1S/C16H21NO2/c1-11-5-6-12-7-8-14(13(12)10-11)17-9-3-2-4-15(17)16(18)19/h5-6,10,14-15H,2-4,7-9H2,1H3,(H,18,19). The molecule has 2 unspecified atom stereocenters. The monoisotopic (exact) mass is 259 g/mol. The zero-order chi connectivity index (χ0) is 13.4. The van der Waals surface area contributed by atoms with Crippen LogP contribution in [0, 0.1) is 6.92 Å². The zero-order valence-electron chi connectivity index (χ0n) is 11.4. The van der Waals surface area contributed by atoms with Gasteiger partial charge < -0.3 is 5.11 Å². The Morgan fingerprint density at radius 3 is 2.95 bits per heavy atom. The molecule has 0 spiro atoms. The lowest BCUT2D eigenvalue weighted by Gasteiger charge is -2.38. The highest BCUT2D eigenvalue weighted by Crippen LogP contribution is 2.39. The molecule has 0 aromatic heterocycles. The molecule has 102 valence electrons. The van der Waals surface area contributed by atoms with Crippen molar-refractivity contribution in [2.45, 2.75) is 51.1 Å². The van der Waals surface area contributed by atoms with Gasteiger partial charge in [0.15, 0.2) is 0 Å². The van der Waals surface area contributed by atoms with Crippen LogP contribution in [0.3, 0.4) is 0 Å². The minimum absolute atomic E-state index is 0.287. The SMILES string of the molecule is Cc1ccc2c(c1)C(N1CCCCC1C(=O)O)CC2. The predicted octanol–water partition coefficient (Wildman–Crippen LogP) is 2.92. The van der Waals surface area contributed by atoms with Gasteiger partial charge in [0.1, 0.15) is 6.04 Å². The number of rotatable bonds is 2. The predicted molar refractivity (Wildman–Crippen MR) is 74.2 cm³/mol. The van der Waals surface area contributed by atoms with Gasteiger partial charge in [0.2, 0.25) is 0 Å². The third-order valence-electron chi connectivity index (χ3n) is 4.58. The van der Waals surface area contributed by atoms with E-state index >= 15 is 0 Å². The summed E-state index contributed by atoms with van der Waals surface area (Å²) in [5.41, 5.74) is 4.05. The molecule has 0 amide bonds. The van der Waals surface area contributed by atoms with Crippen molar-refractivity contribution in [3.8, 4) is 0 Å². The molecule has 3 rings (SSSR count). The molecule has 1 aromatic carbocycles. The lowest BCUT2D eigenvalue weighted by atomic mass is 9.96. The highest BCUT2D eigenvalue weighted by Gasteiger charge is 2.36. The van der Waals surface area contributed by atoms with E-state index in [1.807, 2.05) is 0 Å². The van der Waals surface area contributed by atoms with Crippen LogP contribution in [-0.2, 0) is 11.2 Å². The van der Waals surface area contributed by atoms with E-state index in [0.717, 1.165) is 38.6 Å². The maximum absolute atomic E-state index is 11.5. The first kappa shape index (κ1) is 12.7. The van der Waals surface area contributed by atoms with Gasteiger partial charge in [0, 0.05) is 6.04 Å². The first-order chi connectivity index (χ1) is 9.16. The first-order valence-electron chi connectivity index (χ1n) is 7.25. The maximum Gasteiger partial charge on any atom is 0.320 e. The second-order valence-electron chi connectivity index (χ2n) is 5.84. The molecule has 1 heterocycles. The van der Waals surface area contributed by atoms with Gasteiger partial charge in [-0.1, -0.05) is 30.2 Å². The summed E-state index contributed by atoms with van der Waals surface area (Å²) < 4.78 is 0. The number of aryl methyl sites for hydroxylation is 2. The highest BCUT2D eigenvalue weighted by molar-refractivity contribution is 5.73. The molecule has 1 fully saturated rings. The first-order valence-corrected chi connectivity index (χ1v) is 7.25. The van der Waals surface area contributed by atoms with E-state index in [2.05, 4.69) is 30.0 Å². The lowest BCUT2D eigenvalue weighted by molar-refractivity contribution is -0.145. The van der Waals surface area contributed by atoms with Crippen LogP contribution in [0.5, 0.6) is 0 Å². The van der Waals surface area contributed by atoms with Gasteiger partial charge in [0.25, 0.3) is 0 Å². The smallest absolute Gasteiger partial charge is 0.320 e. The number of piperidine rings is 1. The van der Waals surface area contributed by atoms with Crippen LogP contribution in [0.2, 0.25) is 0 Å². The maximum atomic E-state index is 11.5. The number of hydrogen-bond acceptors (Lipinski definition) is 2.